The lowest BCUT2D eigenvalue weighted by molar-refractivity contribution is -0.155. The SMILES string of the molecule is CC[C@H](CNC(=O)[C@H](C)OC(=O)Cn1cnc2ccccc2c1=O)c1ccccc1. The minimum absolute atomic E-state index is 0.181. The zero-order chi connectivity index (χ0) is 21.5. The quantitative estimate of drug-likeness (QED) is 0.580. The minimum Gasteiger partial charge on any atom is -0.451 e. The number of esters is 1. The molecule has 0 saturated heterocycles. The van der Waals surface area contributed by atoms with Gasteiger partial charge in [-0.2, -0.15) is 0 Å². The lowest BCUT2D eigenvalue weighted by Gasteiger charge is -2.18. The van der Waals surface area contributed by atoms with Crippen molar-refractivity contribution in [2.75, 3.05) is 6.54 Å². The number of amides is 1. The largest absolute Gasteiger partial charge is 0.451 e. The van der Waals surface area contributed by atoms with Gasteiger partial charge >= 0.3 is 5.97 Å². The highest BCUT2D eigenvalue weighted by Gasteiger charge is 2.20. The van der Waals surface area contributed by atoms with Crippen LogP contribution in [0, 0.1) is 0 Å². The zero-order valence-electron chi connectivity index (χ0n) is 17.1. The molecule has 156 valence electrons. The fourth-order valence-electron chi connectivity index (χ4n) is 3.24. The summed E-state index contributed by atoms with van der Waals surface area (Å²) in [4.78, 5) is 41.2. The predicted octanol–water partition coefficient (Wildman–Crippen LogP) is 2.64. The van der Waals surface area contributed by atoms with Gasteiger partial charge in [0.15, 0.2) is 6.10 Å². The normalized spacial score (nSPS) is 12.9. The number of carbonyl (C=O) groups excluding carboxylic acids is 2. The van der Waals surface area contributed by atoms with Crippen LogP contribution in [0.1, 0.15) is 31.7 Å². The first-order chi connectivity index (χ1) is 14.5. The van der Waals surface area contributed by atoms with E-state index in [9.17, 15) is 14.4 Å². The van der Waals surface area contributed by atoms with Crippen molar-refractivity contribution in [1.82, 2.24) is 14.9 Å². The van der Waals surface area contributed by atoms with E-state index in [1.54, 1.807) is 24.3 Å². The Morgan fingerprint density at radius 2 is 1.80 bits per heavy atom. The number of fused-ring (bicyclic) bond motifs is 1. The average Bonchev–Trinajstić information content (AvgIpc) is 2.77. The van der Waals surface area contributed by atoms with Crippen molar-refractivity contribution < 1.29 is 14.3 Å². The van der Waals surface area contributed by atoms with Gasteiger partial charge < -0.3 is 10.1 Å². The van der Waals surface area contributed by atoms with Crippen molar-refractivity contribution in [2.24, 2.45) is 0 Å². The lowest BCUT2D eigenvalue weighted by atomic mass is 9.96. The summed E-state index contributed by atoms with van der Waals surface area (Å²) in [7, 11) is 0. The molecule has 2 atom stereocenters. The maximum atomic E-state index is 12.5. The van der Waals surface area contributed by atoms with Gasteiger partial charge in [-0.15, -0.1) is 0 Å². The van der Waals surface area contributed by atoms with E-state index < -0.39 is 12.1 Å². The molecule has 0 fully saturated rings. The molecule has 3 rings (SSSR count). The van der Waals surface area contributed by atoms with Crippen molar-refractivity contribution in [1.29, 1.82) is 0 Å². The molecule has 0 aliphatic heterocycles. The van der Waals surface area contributed by atoms with Gasteiger partial charge in [-0.3, -0.25) is 19.0 Å². The summed E-state index contributed by atoms with van der Waals surface area (Å²) in [5, 5.41) is 3.26. The molecule has 0 aliphatic carbocycles. The van der Waals surface area contributed by atoms with E-state index in [0.717, 1.165) is 12.0 Å². The van der Waals surface area contributed by atoms with Crippen LogP contribution in [0.15, 0.2) is 65.7 Å². The predicted molar refractivity (Wildman–Crippen MR) is 114 cm³/mol. The fourth-order valence-corrected chi connectivity index (χ4v) is 3.24. The summed E-state index contributed by atoms with van der Waals surface area (Å²) in [5.74, 6) is -0.867. The summed E-state index contributed by atoms with van der Waals surface area (Å²) in [6.45, 7) is 3.71. The Bertz CT molecular complexity index is 1080. The van der Waals surface area contributed by atoms with Gasteiger partial charge in [0, 0.05) is 12.5 Å². The van der Waals surface area contributed by atoms with Crippen LogP contribution in [0.4, 0.5) is 0 Å². The van der Waals surface area contributed by atoms with E-state index in [0.29, 0.717) is 17.4 Å². The fraction of sp³-hybridized carbons (Fsp3) is 0.304. The van der Waals surface area contributed by atoms with Crippen LogP contribution >= 0.6 is 0 Å². The van der Waals surface area contributed by atoms with E-state index in [4.69, 9.17) is 4.74 Å². The van der Waals surface area contributed by atoms with Crippen LogP contribution in [0.3, 0.4) is 0 Å². The zero-order valence-corrected chi connectivity index (χ0v) is 17.1. The highest BCUT2D eigenvalue weighted by Crippen LogP contribution is 2.18. The Hall–Kier alpha value is -3.48. The molecule has 7 nitrogen and oxygen atoms in total. The van der Waals surface area contributed by atoms with Crippen molar-refractivity contribution in [3.05, 3.63) is 76.8 Å². The number of benzene rings is 2. The second-order valence-corrected chi connectivity index (χ2v) is 7.09. The van der Waals surface area contributed by atoms with Gasteiger partial charge in [-0.25, -0.2) is 4.98 Å². The number of hydrogen-bond donors (Lipinski definition) is 1. The first-order valence-corrected chi connectivity index (χ1v) is 9.96. The third-order valence-corrected chi connectivity index (χ3v) is 4.99. The number of carbonyl (C=O) groups is 2. The molecule has 7 heteroatoms. The third-order valence-electron chi connectivity index (χ3n) is 4.99. The number of para-hydroxylation sites is 1. The van der Waals surface area contributed by atoms with Crippen molar-refractivity contribution >= 4 is 22.8 Å². The van der Waals surface area contributed by atoms with Gasteiger partial charge in [0.1, 0.15) is 6.54 Å². The standard InChI is InChI=1S/C23H25N3O4/c1-3-17(18-9-5-4-6-10-18)13-24-22(28)16(2)30-21(27)14-26-15-25-20-12-8-7-11-19(20)23(26)29/h4-12,15-17H,3,13-14H2,1-2H3,(H,24,28)/t16-,17+/m0/s1. The molecule has 1 amide bonds. The number of rotatable bonds is 8. The van der Waals surface area contributed by atoms with Crippen LogP contribution in [0.5, 0.6) is 0 Å². The van der Waals surface area contributed by atoms with Gasteiger partial charge in [0.05, 0.1) is 17.2 Å². The highest BCUT2D eigenvalue weighted by molar-refractivity contribution is 5.83. The Labute approximate surface area is 174 Å². The Balaban J connectivity index is 1.55. The van der Waals surface area contributed by atoms with Crippen LogP contribution in [0.25, 0.3) is 10.9 Å². The highest BCUT2D eigenvalue weighted by atomic mass is 16.5. The van der Waals surface area contributed by atoms with E-state index >= 15 is 0 Å². The summed E-state index contributed by atoms with van der Waals surface area (Å²) in [6, 6.07) is 16.8. The van der Waals surface area contributed by atoms with E-state index in [1.165, 1.54) is 17.8 Å². The number of hydrogen-bond acceptors (Lipinski definition) is 5. The van der Waals surface area contributed by atoms with Gasteiger partial charge in [-0.1, -0.05) is 49.4 Å². The molecule has 3 aromatic rings. The molecule has 0 bridgehead atoms. The second-order valence-electron chi connectivity index (χ2n) is 7.09. The molecule has 0 spiro atoms. The summed E-state index contributed by atoms with van der Waals surface area (Å²) < 4.78 is 6.39. The molecule has 1 heterocycles. The molecule has 1 aromatic heterocycles. The summed E-state index contributed by atoms with van der Waals surface area (Å²) in [5.41, 5.74) is 1.38. The Morgan fingerprint density at radius 3 is 2.53 bits per heavy atom. The first kappa shape index (κ1) is 21.2. The maximum absolute atomic E-state index is 12.5. The molecule has 2 aromatic carbocycles. The van der Waals surface area contributed by atoms with Crippen LogP contribution < -0.4 is 10.9 Å². The minimum atomic E-state index is -0.963. The number of nitrogens with one attached hydrogen (secondary N) is 1. The van der Waals surface area contributed by atoms with Crippen molar-refractivity contribution in [3.63, 3.8) is 0 Å². The average molecular weight is 407 g/mol. The summed E-state index contributed by atoms with van der Waals surface area (Å²) in [6.07, 6.45) is 1.22. The van der Waals surface area contributed by atoms with E-state index in [1.807, 2.05) is 30.3 Å². The number of ether oxygens (including phenoxy) is 1. The molecule has 1 N–H and O–H groups in total. The Kier molecular flexibility index (Phi) is 6.95. The van der Waals surface area contributed by atoms with Gasteiger partial charge in [0.25, 0.3) is 11.5 Å². The van der Waals surface area contributed by atoms with Crippen LogP contribution in [-0.2, 0) is 20.9 Å². The van der Waals surface area contributed by atoms with Gasteiger partial charge in [0.2, 0.25) is 0 Å². The van der Waals surface area contributed by atoms with Crippen LogP contribution in [0.2, 0.25) is 0 Å². The maximum Gasteiger partial charge on any atom is 0.326 e. The molecular weight excluding hydrogens is 382 g/mol. The molecule has 0 aliphatic rings. The molecule has 0 saturated carbocycles. The number of aromatic nitrogens is 2. The molecule has 30 heavy (non-hydrogen) atoms. The number of nitrogens with zero attached hydrogens (tertiary/aromatic N) is 2. The van der Waals surface area contributed by atoms with E-state index in [-0.39, 0.29) is 23.9 Å². The van der Waals surface area contributed by atoms with Gasteiger partial charge in [-0.05, 0) is 31.0 Å². The first-order valence-electron chi connectivity index (χ1n) is 9.96. The molecular formula is C23H25N3O4. The third kappa shape index (κ3) is 5.11. The monoisotopic (exact) mass is 407 g/mol. The summed E-state index contributed by atoms with van der Waals surface area (Å²) >= 11 is 0. The van der Waals surface area contributed by atoms with E-state index in [2.05, 4.69) is 17.2 Å². The molecule has 0 unspecified atom stereocenters. The second kappa shape index (κ2) is 9.82. The van der Waals surface area contributed by atoms with Crippen LogP contribution in [-0.4, -0.2) is 34.1 Å². The van der Waals surface area contributed by atoms with Crippen molar-refractivity contribution in [3.8, 4) is 0 Å². The topological polar surface area (TPSA) is 90.3 Å². The van der Waals surface area contributed by atoms with Crippen molar-refractivity contribution in [2.45, 2.75) is 38.8 Å². The Morgan fingerprint density at radius 1 is 1.10 bits per heavy atom. The lowest BCUT2D eigenvalue weighted by Crippen LogP contribution is -2.39. The smallest absolute Gasteiger partial charge is 0.326 e. The molecule has 0 radical (unpaired) electrons.